The summed E-state index contributed by atoms with van der Waals surface area (Å²) in [5.74, 6) is 0.833. The lowest BCUT2D eigenvalue weighted by atomic mass is 10.2. The van der Waals surface area contributed by atoms with Gasteiger partial charge in [-0.15, -0.1) is 0 Å². The summed E-state index contributed by atoms with van der Waals surface area (Å²) < 4.78 is 11.2. The minimum Gasteiger partial charge on any atom is -0.234 e. The van der Waals surface area contributed by atoms with Crippen LogP contribution in [0.15, 0.2) is 161 Å². The number of hydrogen-bond acceptors (Lipinski definition) is 2. The van der Waals surface area contributed by atoms with Crippen molar-refractivity contribution in [2.24, 2.45) is 9.51 Å². The topological polar surface area (TPSA) is 24.7 Å². The van der Waals surface area contributed by atoms with Crippen molar-refractivity contribution in [3.63, 3.8) is 0 Å². The van der Waals surface area contributed by atoms with Crippen molar-refractivity contribution in [2.75, 3.05) is 0 Å². The molecule has 174 valence electrons. The van der Waals surface area contributed by atoms with Gasteiger partial charge in [0.2, 0.25) is 0 Å². The van der Waals surface area contributed by atoms with E-state index in [1.807, 2.05) is 6.07 Å². The Kier molecular flexibility index (Phi) is 6.16. The predicted octanol–water partition coefficient (Wildman–Crippen LogP) is 6.64. The lowest BCUT2D eigenvalue weighted by Gasteiger charge is -2.34. The second-order valence-corrected chi connectivity index (χ2v) is 14.8. The third-order valence-corrected chi connectivity index (χ3v) is 14.5. The van der Waals surface area contributed by atoms with Crippen LogP contribution in [0, 0.1) is 0 Å². The van der Waals surface area contributed by atoms with Crippen LogP contribution in [-0.2, 0) is 0 Å². The summed E-state index contributed by atoms with van der Waals surface area (Å²) >= 11 is 0. The Morgan fingerprint density at radius 3 is 1.17 bits per heavy atom. The molecule has 5 aromatic carbocycles. The zero-order valence-electron chi connectivity index (χ0n) is 19.8. The van der Waals surface area contributed by atoms with Gasteiger partial charge in [-0.1, -0.05) is 152 Å². The van der Waals surface area contributed by atoms with Crippen molar-refractivity contribution in [1.82, 2.24) is 0 Å². The Labute approximate surface area is 213 Å². The lowest BCUT2D eigenvalue weighted by molar-refractivity contribution is 1.55. The van der Waals surface area contributed by atoms with E-state index >= 15 is 0 Å². The summed E-state index contributed by atoms with van der Waals surface area (Å²) in [4.78, 5) is 0. The monoisotopic (exact) mass is 500 g/mol. The molecule has 36 heavy (non-hydrogen) atoms. The molecule has 6 rings (SSSR count). The maximum absolute atomic E-state index is 5.60. The van der Waals surface area contributed by atoms with E-state index in [9.17, 15) is 0 Å². The Balaban J connectivity index is 1.83. The molecule has 2 nitrogen and oxygen atoms in total. The first-order valence-corrected chi connectivity index (χ1v) is 15.7. The fourth-order valence-electron chi connectivity index (χ4n) is 4.73. The Hall–Kier alpha value is -3.70. The highest BCUT2D eigenvalue weighted by Gasteiger charge is 2.35. The molecule has 1 aliphatic heterocycles. The van der Waals surface area contributed by atoms with Crippen molar-refractivity contribution in [3.8, 4) is 0 Å². The first kappa shape index (κ1) is 22.7. The largest absolute Gasteiger partial charge is 0.234 e. The summed E-state index contributed by atoms with van der Waals surface area (Å²) in [6.45, 7) is 0. The van der Waals surface area contributed by atoms with Crippen LogP contribution in [0.3, 0.4) is 0 Å². The van der Waals surface area contributed by atoms with Gasteiger partial charge in [0.1, 0.15) is 0 Å². The summed E-state index contributed by atoms with van der Waals surface area (Å²) in [5, 5.41) is 4.98. The van der Waals surface area contributed by atoms with E-state index in [0.717, 1.165) is 11.4 Å². The molecule has 0 aliphatic carbocycles. The van der Waals surface area contributed by atoms with Gasteiger partial charge in [0.05, 0.1) is 14.1 Å². The molecule has 4 heteroatoms. The molecular weight excluding hydrogens is 474 g/mol. The van der Waals surface area contributed by atoms with Crippen LogP contribution in [-0.4, -0.2) is 11.4 Å². The second kappa shape index (κ2) is 9.75. The fourth-order valence-corrected chi connectivity index (χ4v) is 13.8. The first-order chi connectivity index (χ1) is 17.8. The summed E-state index contributed by atoms with van der Waals surface area (Å²) in [7, 11) is -4.70. The standard InChI is InChI=1S/C32H26N2P2/c1-6-16-27(17-7-1)32-33-35(28-18-8-2-9-19-28,29-20-10-3-11-21-29)26-36(34-32,30-22-12-4-13-23-30)31-24-14-5-15-25-31/h1-26H. The molecule has 5 aromatic rings. The van der Waals surface area contributed by atoms with E-state index in [4.69, 9.17) is 9.51 Å². The molecule has 0 saturated heterocycles. The number of benzene rings is 5. The summed E-state index contributed by atoms with van der Waals surface area (Å²) in [6, 6.07) is 53.7. The highest BCUT2D eigenvalue weighted by molar-refractivity contribution is 8.08. The van der Waals surface area contributed by atoms with Crippen LogP contribution < -0.4 is 21.2 Å². The average Bonchev–Trinajstić information content (AvgIpc) is 2.99. The van der Waals surface area contributed by atoms with Crippen LogP contribution in [0.2, 0.25) is 0 Å². The van der Waals surface area contributed by atoms with Crippen molar-refractivity contribution in [3.05, 3.63) is 157 Å². The van der Waals surface area contributed by atoms with Crippen molar-refractivity contribution < 1.29 is 0 Å². The molecule has 0 radical (unpaired) electrons. The van der Waals surface area contributed by atoms with E-state index < -0.39 is 14.1 Å². The van der Waals surface area contributed by atoms with Crippen LogP contribution in [0.4, 0.5) is 0 Å². The van der Waals surface area contributed by atoms with Crippen LogP contribution in [0.25, 0.3) is 0 Å². The zero-order valence-corrected chi connectivity index (χ0v) is 21.6. The van der Waals surface area contributed by atoms with E-state index in [2.05, 4.69) is 151 Å². The van der Waals surface area contributed by atoms with Gasteiger partial charge in [-0.2, -0.15) is 0 Å². The molecule has 0 bridgehead atoms. The number of rotatable bonds is 5. The van der Waals surface area contributed by atoms with Gasteiger partial charge in [0, 0.05) is 26.8 Å². The lowest BCUT2D eigenvalue weighted by Crippen LogP contribution is -2.26. The molecule has 0 N–H and O–H groups in total. The summed E-state index contributed by atoms with van der Waals surface area (Å²) in [5.41, 5.74) is 3.61. The predicted molar refractivity (Wildman–Crippen MR) is 160 cm³/mol. The normalized spacial score (nSPS) is 15.7. The second-order valence-electron chi connectivity index (χ2n) is 8.72. The van der Waals surface area contributed by atoms with Gasteiger partial charge in [0.15, 0.2) is 5.84 Å². The summed E-state index contributed by atoms with van der Waals surface area (Å²) in [6.07, 6.45) is 0. The van der Waals surface area contributed by atoms with Crippen molar-refractivity contribution in [2.45, 2.75) is 0 Å². The van der Waals surface area contributed by atoms with E-state index in [0.29, 0.717) is 0 Å². The molecule has 0 aromatic heterocycles. The van der Waals surface area contributed by atoms with Gasteiger partial charge in [-0.25, -0.2) is 9.51 Å². The zero-order chi connectivity index (χ0) is 24.3. The van der Waals surface area contributed by atoms with Crippen molar-refractivity contribution in [1.29, 1.82) is 0 Å². The number of nitrogens with zero attached hydrogens (tertiary/aromatic N) is 2. The van der Waals surface area contributed by atoms with Crippen LogP contribution >= 0.6 is 14.1 Å². The van der Waals surface area contributed by atoms with Gasteiger partial charge in [-0.3, -0.25) is 0 Å². The van der Waals surface area contributed by atoms with Gasteiger partial charge in [-0.05, 0) is 5.54 Å². The molecular formula is C32H26N2P2. The van der Waals surface area contributed by atoms with E-state index in [1.54, 1.807) is 0 Å². The average molecular weight is 501 g/mol. The molecule has 0 spiro atoms. The smallest absolute Gasteiger partial charge is 0.158 e. The number of hydrogen-bond donors (Lipinski definition) is 0. The molecule has 1 heterocycles. The van der Waals surface area contributed by atoms with Gasteiger partial charge >= 0.3 is 0 Å². The third kappa shape index (κ3) is 4.03. The molecule has 1 aliphatic rings. The quantitative estimate of drug-likeness (QED) is 0.242. The Morgan fingerprint density at radius 2 is 0.750 bits per heavy atom. The highest BCUT2D eigenvalue weighted by atomic mass is 31.2. The highest BCUT2D eigenvalue weighted by Crippen LogP contribution is 2.60. The minimum absolute atomic E-state index is 0.833. The number of amidine groups is 1. The molecule has 0 amide bonds. The van der Waals surface area contributed by atoms with Gasteiger partial charge in [0.25, 0.3) is 0 Å². The molecule has 0 atom stereocenters. The molecule has 0 saturated carbocycles. The van der Waals surface area contributed by atoms with Crippen molar-refractivity contribution >= 4 is 46.7 Å². The molecule has 0 fully saturated rings. The first-order valence-electron chi connectivity index (χ1n) is 12.1. The maximum atomic E-state index is 5.60. The van der Waals surface area contributed by atoms with E-state index in [-0.39, 0.29) is 0 Å². The minimum atomic E-state index is -2.35. The van der Waals surface area contributed by atoms with Gasteiger partial charge < -0.3 is 0 Å². The van der Waals surface area contributed by atoms with Crippen LogP contribution in [0.5, 0.6) is 0 Å². The Bertz CT molecular complexity index is 1440. The SMILES string of the molecule is C1=P(c2ccccc2)(c2ccccc2)N=C(c2ccccc2)N=P1(c1ccccc1)c1ccccc1. The van der Waals surface area contributed by atoms with Crippen LogP contribution in [0.1, 0.15) is 5.56 Å². The third-order valence-electron chi connectivity index (χ3n) is 6.47. The molecule has 0 unspecified atom stereocenters. The Morgan fingerprint density at radius 1 is 0.389 bits per heavy atom. The van der Waals surface area contributed by atoms with E-state index in [1.165, 1.54) is 21.2 Å². The fraction of sp³-hybridized carbons (Fsp3) is 0. The maximum Gasteiger partial charge on any atom is 0.158 e.